The van der Waals surface area contributed by atoms with E-state index in [1.54, 1.807) is 6.33 Å². The summed E-state index contributed by atoms with van der Waals surface area (Å²) in [5, 5.41) is 20.7. The Hall–Kier alpha value is -1.38. The van der Waals surface area contributed by atoms with E-state index in [9.17, 15) is 5.11 Å². The number of imidazole rings is 1. The maximum Gasteiger partial charge on any atom is 0.197 e. The average Bonchev–Trinajstić information content (AvgIpc) is 2.96. The van der Waals surface area contributed by atoms with Crippen molar-refractivity contribution in [2.45, 2.75) is 16.8 Å². The van der Waals surface area contributed by atoms with Crippen molar-refractivity contribution in [1.82, 2.24) is 24.1 Å². The van der Waals surface area contributed by atoms with Gasteiger partial charge in [0, 0.05) is 18.6 Å². The molecule has 0 aliphatic carbocycles. The highest BCUT2D eigenvalue weighted by Gasteiger charge is 2.15. The van der Waals surface area contributed by atoms with Crippen LogP contribution in [0.1, 0.15) is 5.69 Å². The van der Waals surface area contributed by atoms with Crippen LogP contribution in [0.4, 0.5) is 0 Å². The van der Waals surface area contributed by atoms with Crippen LogP contribution in [0.15, 0.2) is 28.1 Å². The Morgan fingerprint density at radius 1 is 1.53 bits per heavy atom. The molecule has 0 aromatic carbocycles. The Labute approximate surface area is 105 Å². The van der Waals surface area contributed by atoms with Crippen molar-refractivity contribution in [1.29, 1.82) is 0 Å². The monoisotopic (exact) mass is 267 g/mol. The number of aromatic nitrogens is 5. The summed E-state index contributed by atoms with van der Waals surface area (Å²) in [5.41, 5.74) is 0.786. The van der Waals surface area contributed by atoms with Gasteiger partial charge >= 0.3 is 0 Å². The van der Waals surface area contributed by atoms with Crippen LogP contribution in [0.5, 0.6) is 0 Å². The first-order valence-corrected chi connectivity index (χ1v) is 6.56. The van der Waals surface area contributed by atoms with E-state index in [-0.39, 0.29) is 6.61 Å². The average molecular weight is 267 g/mol. The molecule has 3 rings (SSSR count). The van der Waals surface area contributed by atoms with E-state index in [1.807, 2.05) is 27.6 Å². The van der Waals surface area contributed by atoms with Gasteiger partial charge in [-0.05, 0) is 11.8 Å². The highest BCUT2D eigenvalue weighted by Crippen LogP contribution is 2.30. The molecule has 0 saturated heterocycles. The van der Waals surface area contributed by atoms with E-state index in [2.05, 4.69) is 15.2 Å². The lowest BCUT2D eigenvalue weighted by atomic mass is 10.5. The van der Waals surface area contributed by atoms with Gasteiger partial charge in [0.2, 0.25) is 0 Å². The normalized spacial score (nSPS) is 11.4. The summed E-state index contributed by atoms with van der Waals surface area (Å²) in [7, 11) is 1.87. The molecule has 0 saturated carbocycles. The topological polar surface area (TPSA) is 68.2 Å². The highest BCUT2D eigenvalue weighted by atomic mass is 32.2. The molecule has 8 heteroatoms. The summed E-state index contributed by atoms with van der Waals surface area (Å²) >= 11 is 2.95. The Balaban J connectivity index is 2.05. The molecule has 17 heavy (non-hydrogen) atoms. The van der Waals surface area contributed by atoms with Crippen LogP contribution in [0, 0.1) is 0 Å². The van der Waals surface area contributed by atoms with E-state index in [0.29, 0.717) is 0 Å². The first-order valence-electron chi connectivity index (χ1n) is 4.86. The minimum Gasteiger partial charge on any atom is -0.390 e. The molecule has 6 nitrogen and oxygen atoms in total. The van der Waals surface area contributed by atoms with Gasteiger partial charge in [0.15, 0.2) is 10.1 Å². The second-order valence-electron chi connectivity index (χ2n) is 3.40. The number of rotatable bonds is 3. The molecular formula is C9H9N5OS2. The summed E-state index contributed by atoms with van der Waals surface area (Å²) in [4.78, 5) is 5.34. The van der Waals surface area contributed by atoms with Crippen molar-refractivity contribution in [2.75, 3.05) is 0 Å². The largest absolute Gasteiger partial charge is 0.390 e. The van der Waals surface area contributed by atoms with Gasteiger partial charge in [-0.2, -0.15) is 0 Å². The lowest BCUT2D eigenvalue weighted by Crippen LogP contribution is -1.93. The van der Waals surface area contributed by atoms with E-state index < -0.39 is 0 Å². The van der Waals surface area contributed by atoms with Gasteiger partial charge in [-0.1, -0.05) is 0 Å². The molecule has 0 fully saturated rings. The Bertz CT molecular complexity index is 655. The van der Waals surface area contributed by atoms with E-state index in [1.165, 1.54) is 23.1 Å². The second-order valence-corrected chi connectivity index (χ2v) is 5.23. The van der Waals surface area contributed by atoms with Gasteiger partial charge in [-0.15, -0.1) is 21.5 Å². The van der Waals surface area contributed by atoms with Crippen LogP contribution in [0.2, 0.25) is 0 Å². The fraction of sp³-hybridized carbons (Fsp3) is 0.222. The number of fused-ring (bicyclic) bond motifs is 1. The molecule has 0 spiro atoms. The third kappa shape index (κ3) is 1.74. The molecule has 0 bridgehead atoms. The quantitative estimate of drug-likeness (QED) is 0.771. The molecule has 88 valence electrons. The number of aliphatic hydroxyl groups is 1. The van der Waals surface area contributed by atoms with E-state index in [0.717, 1.165) is 20.8 Å². The summed E-state index contributed by atoms with van der Waals surface area (Å²) in [6.45, 7) is -0.0436. The smallest absolute Gasteiger partial charge is 0.197 e. The number of thiazole rings is 1. The maximum absolute atomic E-state index is 9.41. The van der Waals surface area contributed by atoms with Crippen molar-refractivity contribution in [2.24, 2.45) is 7.05 Å². The minimum absolute atomic E-state index is 0.0436. The summed E-state index contributed by atoms with van der Waals surface area (Å²) in [5.74, 6) is 0. The molecule has 0 aliphatic rings. The number of hydrogen-bond acceptors (Lipinski definition) is 6. The molecular weight excluding hydrogens is 258 g/mol. The summed E-state index contributed by atoms with van der Waals surface area (Å²) in [6, 6.07) is 0. The fourth-order valence-electron chi connectivity index (χ4n) is 1.49. The number of hydrogen-bond donors (Lipinski definition) is 1. The predicted molar refractivity (Wildman–Crippen MR) is 64.1 cm³/mol. The van der Waals surface area contributed by atoms with Gasteiger partial charge in [0.05, 0.1) is 12.3 Å². The number of nitrogens with zero attached hydrogens (tertiary/aromatic N) is 5. The second kappa shape index (κ2) is 4.13. The van der Waals surface area contributed by atoms with Crippen LogP contribution in [-0.2, 0) is 13.7 Å². The van der Waals surface area contributed by atoms with Crippen molar-refractivity contribution in [3.8, 4) is 0 Å². The zero-order chi connectivity index (χ0) is 11.8. The third-order valence-corrected chi connectivity index (χ3v) is 4.16. The molecule has 3 aromatic heterocycles. The van der Waals surface area contributed by atoms with Crippen LogP contribution >= 0.6 is 23.1 Å². The summed E-state index contributed by atoms with van der Waals surface area (Å²) in [6.07, 6.45) is 3.54. The Morgan fingerprint density at radius 2 is 2.41 bits per heavy atom. The number of aliphatic hydroxyl groups excluding tert-OH is 1. The summed E-state index contributed by atoms with van der Waals surface area (Å²) < 4.78 is 3.71. The van der Waals surface area contributed by atoms with Gasteiger partial charge in [0.1, 0.15) is 11.4 Å². The highest BCUT2D eigenvalue weighted by molar-refractivity contribution is 7.99. The van der Waals surface area contributed by atoms with Gasteiger partial charge < -0.3 is 9.67 Å². The molecule has 1 N–H and O–H groups in total. The zero-order valence-corrected chi connectivity index (χ0v) is 10.6. The van der Waals surface area contributed by atoms with E-state index >= 15 is 0 Å². The Kier molecular flexibility index (Phi) is 2.61. The maximum atomic E-state index is 9.41. The van der Waals surface area contributed by atoms with Crippen molar-refractivity contribution in [3.63, 3.8) is 0 Å². The number of aryl methyl sites for hydroxylation is 1. The molecule has 0 unspecified atom stereocenters. The predicted octanol–water partition coefficient (Wildman–Crippen LogP) is 1.17. The lowest BCUT2D eigenvalue weighted by molar-refractivity contribution is 0.272. The van der Waals surface area contributed by atoms with Crippen molar-refractivity contribution >= 4 is 28.1 Å². The molecule has 0 amide bonds. The minimum atomic E-state index is -0.0436. The lowest BCUT2D eigenvalue weighted by Gasteiger charge is -1.99. The van der Waals surface area contributed by atoms with Crippen LogP contribution in [-0.4, -0.2) is 29.3 Å². The molecule has 3 heterocycles. The van der Waals surface area contributed by atoms with Gasteiger partial charge in [-0.3, -0.25) is 4.40 Å². The fourth-order valence-corrected chi connectivity index (χ4v) is 3.15. The van der Waals surface area contributed by atoms with Crippen LogP contribution in [0.25, 0.3) is 4.96 Å². The zero-order valence-electron chi connectivity index (χ0n) is 8.94. The third-order valence-electron chi connectivity index (χ3n) is 2.33. The first kappa shape index (κ1) is 10.8. The van der Waals surface area contributed by atoms with E-state index in [4.69, 9.17) is 0 Å². The SMILES string of the molecule is Cn1cnnc1Sc1nc2sccn2c1CO. The molecule has 0 atom stereocenters. The molecule has 3 aromatic rings. The van der Waals surface area contributed by atoms with Gasteiger partial charge in [0.25, 0.3) is 0 Å². The molecule has 0 aliphatic heterocycles. The van der Waals surface area contributed by atoms with Crippen LogP contribution in [0.3, 0.4) is 0 Å². The standard InChI is InChI=1S/C9H9N5OS2/c1-13-5-10-12-9(13)17-7-6(4-15)14-2-3-16-8(14)11-7/h2-3,5,15H,4H2,1H3. The van der Waals surface area contributed by atoms with Crippen molar-refractivity contribution < 1.29 is 5.11 Å². The first-order chi connectivity index (χ1) is 8.29. The van der Waals surface area contributed by atoms with Gasteiger partial charge in [-0.25, -0.2) is 4.98 Å². The van der Waals surface area contributed by atoms with Crippen molar-refractivity contribution in [3.05, 3.63) is 23.6 Å². The van der Waals surface area contributed by atoms with Crippen LogP contribution < -0.4 is 0 Å². The Morgan fingerprint density at radius 3 is 3.12 bits per heavy atom. The molecule has 0 radical (unpaired) electrons.